The van der Waals surface area contributed by atoms with Crippen molar-refractivity contribution in [3.05, 3.63) is 59.7 Å². The molecular formula is C20H28N4O. The maximum atomic E-state index is 12.2. The molecule has 2 rings (SSSR count). The van der Waals surface area contributed by atoms with Crippen molar-refractivity contribution in [3.63, 3.8) is 0 Å². The van der Waals surface area contributed by atoms with Crippen molar-refractivity contribution in [1.29, 1.82) is 0 Å². The number of carbonyl (C=O) groups excluding carboxylic acids is 1. The Balaban J connectivity index is 1.98. The Kier molecular flexibility index (Phi) is 6.42. The Hall–Kier alpha value is -2.53. The van der Waals surface area contributed by atoms with Crippen LogP contribution in [0.25, 0.3) is 0 Å². The molecule has 0 aliphatic rings. The molecule has 0 fully saturated rings. The molecule has 0 spiro atoms. The predicted molar refractivity (Wildman–Crippen MR) is 105 cm³/mol. The first-order chi connectivity index (χ1) is 11.9. The lowest BCUT2D eigenvalue weighted by molar-refractivity contribution is 0.243. The van der Waals surface area contributed by atoms with Gasteiger partial charge in [0.2, 0.25) is 0 Å². The van der Waals surface area contributed by atoms with Gasteiger partial charge >= 0.3 is 6.03 Å². The van der Waals surface area contributed by atoms with Crippen molar-refractivity contribution in [3.8, 4) is 0 Å². The Bertz CT molecular complexity index is 695. The van der Waals surface area contributed by atoms with Crippen LogP contribution in [0, 0.1) is 6.92 Å². The van der Waals surface area contributed by atoms with Crippen LogP contribution in [-0.4, -0.2) is 45.7 Å². The summed E-state index contributed by atoms with van der Waals surface area (Å²) in [5.41, 5.74) is 4.25. The minimum atomic E-state index is -0.192. The summed E-state index contributed by atoms with van der Waals surface area (Å²) < 4.78 is 0. The molecule has 0 aromatic heterocycles. The van der Waals surface area contributed by atoms with Crippen LogP contribution in [0.2, 0.25) is 0 Å². The highest BCUT2D eigenvalue weighted by molar-refractivity contribution is 5.89. The molecule has 0 saturated carbocycles. The largest absolute Gasteiger partial charge is 0.378 e. The normalized spacial score (nSPS) is 11.9. The molecule has 0 aliphatic carbocycles. The SMILES string of the molecule is Cc1cccc(NC(=O)NC[C@H](c2ccc(N(C)C)cc2)N(C)C)c1. The van der Waals surface area contributed by atoms with Gasteiger partial charge in [0.15, 0.2) is 0 Å². The number of hydrogen-bond donors (Lipinski definition) is 2. The summed E-state index contributed by atoms with van der Waals surface area (Å²) in [6.07, 6.45) is 0. The van der Waals surface area contributed by atoms with E-state index in [1.165, 1.54) is 5.56 Å². The van der Waals surface area contributed by atoms with Gasteiger partial charge in [0.1, 0.15) is 0 Å². The molecule has 2 N–H and O–H groups in total. The second-order valence-corrected chi connectivity index (χ2v) is 6.67. The molecule has 2 aromatic rings. The summed E-state index contributed by atoms with van der Waals surface area (Å²) in [5.74, 6) is 0. The molecule has 0 unspecified atom stereocenters. The number of rotatable bonds is 6. The van der Waals surface area contributed by atoms with Gasteiger partial charge in [0.25, 0.3) is 0 Å². The van der Waals surface area contributed by atoms with Crippen molar-refractivity contribution in [1.82, 2.24) is 10.2 Å². The van der Waals surface area contributed by atoms with Gasteiger partial charge in [-0.05, 0) is 56.4 Å². The van der Waals surface area contributed by atoms with Crippen LogP contribution in [-0.2, 0) is 0 Å². The minimum Gasteiger partial charge on any atom is -0.378 e. The van der Waals surface area contributed by atoms with Crippen LogP contribution < -0.4 is 15.5 Å². The Morgan fingerprint density at radius 2 is 1.72 bits per heavy atom. The average Bonchev–Trinajstić information content (AvgIpc) is 2.55. The van der Waals surface area contributed by atoms with Gasteiger partial charge in [-0.1, -0.05) is 24.3 Å². The van der Waals surface area contributed by atoms with E-state index in [2.05, 4.69) is 44.7 Å². The summed E-state index contributed by atoms with van der Waals surface area (Å²) in [6, 6.07) is 16.1. The van der Waals surface area contributed by atoms with Gasteiger partial charge in [-0.2, -0.15) is 0 Å². The standard InChI is InChI=1S/C20H28N4O/c1-15-7-6-8-17(13-15)22-20(25)21-14-19(24(4)5)16-9-11-18(12-10-16)23(2)3/h6-13,19H,14H2,1-5H3,(H2,21,22,25)/t19-/m1/s1. The van der Waals surface area contributed by atoms with E-state index in [1.807, 2.05) is 59.4 Å². The molecule has 134 valence electrons. The quantitative estimate of drug-likeness (QED) is 0.846. The number of urea groups is 1. The second kappa shape index (κ2) is 8.53. The van der Waals surface area contributed by atoms with Crippen LogP contribution >= 0.6 is 0 Å². The minimum absolute atomic E-state index is 0.111. The van der Waals surface area contributed by atoms with Crippen molar-refractivity contribution >= 4 is 17.4 Å². The van der Waals surface area contributed by atoms with Gasteiger partial charge < -0.3 is 20.4 Å². The van der Waals surface area contributed by atoms with E-state index in [0.29, 0.717) is 6.54 Å². The third-order valence-corrected chi connectivity index (χ3v) is 4.15. The second-order valence-electron chi connectivity index (χ2n) is 6.67. The molecule has 2 amide bonds. The van der Waals surface area contributed by atoms with Gasteiger partial charge in [0, 0.05) is 32.0 Å². The first-order valence-corrected chi connectivity index (χ1v) is 8.42. The van der Waals surface area contributed by atoms with Crippen molar-refractivity contribution in [2.24, 2.45) is 0 Å². The molecule has 1 atom stereocenters. The van der Waals surface area contributed by atoms with Crippen LogP contribution in [0.1, 0.15) is 17.2 Å². The number of amides is 2. The van der Waals surface area contributed by atoms with Crippen molar-refractivity contribution in [2.45, 2.75) is 13.0 Å². The van der Waals surface area contributed by atoms with E-state index in [-0.39, 0.29) is 12.1 Å². The van der Waals surface area contributed by atoms with Crippen LogP contribution in [0.15, 0.2) is 48.5 Å². The smallest absolute Gasteiger partial charge is 0.319 e. The fraction of sp³-hybridized carbons (Fsp3) is 0.350. The van der Waals surface area contributed by atoms with Gasteiger partial charge in [0.05, 0.1) is 6.04 Å². The third-order valence-electron chi connectivity index (χ3n) is 4.15. The van der Waals surface area contributed by atoms with Gasteiger partial charge in [-0.15, -0.1) is 0 Å². The number of likely N-dealkylation sites (N-methyl/N-ethyl adjacent to an activating group) is 1. The molecule has 0 radical (unpaired) electrons. The van der Waals surface area contributed by atoms with Gasteiger partial charge in [-0.25, -0.2) is 4.79 Å². The van der Waals surface area contributed by atoms with Crippen LogP contribution in [0.5, 0.6) is 0 Å². The molecule has 5 heteroatoms. The molecule has 2 aromatic carbocycles. The first-order valence-electron chi connectivity index (χ1n) is 8.42. The number of aryl methyl sites for hydroxylation is 1. The highest BCUT2D eigenvalue weighted by atomic mass is 16.2. The molecule has 0 bridgehead atoms. The lowest BCUT2D eigenvalue weighted by Gasteiger charge is -2.26. The Morgan fingerprint density at radius 3 is 2.28 bits per heavy atom. The van der Waals surface area contributed by atoms with E-state index in [4.69, 9.17) is 0 Å². The Labute approximate surface area is 150 Å². The summed E-state index contributed by atoms with van der Waals surface area (Å²) in [5, 5.41) is 5.84. The maximum Gasteiger partial charge on any atom is 0.319 e. The average molecular weight is 340 g/mol. The topological polar surface area (TPSA) is 47.6 Å². The first kappa shape index (κ1) is 18.8. The van der Waals surface area contributed by atoms with Crippen LogP contribution in [0.3, 0.4) is 0 Å². The molecule has 5 nitrogen and oxygen atoms in total. The summed E-state index contributed by atoms with van der Waals surface area (Å²) in [6.45, 7) is 2.54. The van der Waals surface area contributed by atoms with E-state index >= 15 is 0 Å². The molecule has 0 saturated heterocycles. The van der Waals surface area contributed by atoms with E-state index in [9.17, 15) is 4.79 Å². The van der Waals surface area contributed by atoms with E-state index in [0.717, 1.165) is 16.9 Å². The zero-order valence-electron chi connectivity index (χ0n) is 15.7. The number of anilines is 2. The number of hydrogen-bond acceptors (Lipinski definition) is 3. The van der Waals surface area contributed by atoms with Crippen molar-refractivity contribution in [2.75, 3.05) is 45.0 Å². The fourth-order valence-corrected chi connectivity index (χ4v) is 2.68. The fourth-order valence-electron chi connectivity index (χ4n) is 2.68. The third kappa shape index (κ3) is 5.50. The van der Waals surface area contributed by atoms with E-state index < -0.39 is 0 Å². The highest BCUT2D eigenvalue weighted by Gasteiger charge is 2.15. The zero-order valence-corrected chi connectivity index (χ0v) is 15.7. The monoisotopic (exact) mass is 340 g/mol. The molecule has 0 heterocycles. The summed E-state index contributed by atoms with van der Waals surface area (Å²) in [7, 11) is 8.08. The lowest BCUT2D eigenvalue weighted by Crippen LogP contribution is -2.36. The van der Waals surface area contributed by atoms with E-state index in [1.54, 1.807) is 0 Å². The predicted octanol–water partition coefficient (Wildman–Crippen LogP) is 3.49. The Morgan fingerprint density at radius 1 is 1.04 bits per heavy atom. The summed E-state index contributed by atoms with van der Waals surface area (Å²) >= 11 is 0. The number of carbonyl (C=O) groups is 1. The summed E-state index contributed by atoms with van der Waals surface area (Å²) in [4.78, 5) is 16.4. The highest BCUT2D eigenvalue weighted by Crippen LogP contribution is 2.21. The zero-order chi connectivity index (χ0) is 18.4. The molecular weight excluding hydrogens is 312 g/mol. The maximum absolute atomic E-state index is 12.2. The number of nitrogens with zero attached hydrogens (tertiary/aromatic N) is 2. The number of nitrogens with one attached hydrogen (secondary N) is 2. The molecule has 25 heavy (non-hydrogen) atoms. The van der Waals surface area contributed by atoms with Crippen molar-refractivity contribution < 1.29 is 4.79 Å². The number of benzene rings is 2. The lowest BCUT2D eigenvalue weighted by atomic mass is 10.1. The van der Waals surface area contributed by atoms with Gasteiger partial charge in [-0.3, -0.25) is 0 Å². The van der Waals surface area contributed by atoms with Crippen LogP contribution in [0.4, 0.5) is 16.2 Å². The molecule has 0 aliphatic heterocycles.